The average molecular weight is 736 g/mol. The number of pyridine rings is 1. The molecule has 0 radical (unpaired) electrons. The summed E-state index contributed by atoms with van der Waals surface area (Å²) in [7, 11) is 0. The molecule has 1 aromatic heterocycles. The van der Waals surface area contributed by atoms with Crippen LogP contribution < -0.4 is 20.8 Å². The predicted molar refractivity (Wildman–Crippen MR) is 165 cm³/mol. The molecule has 0 saturated heterocycles. The van der Waals surface area contributed by atoms with Gasteiger partial charge < -0.3 is 15.4 Å². The van der Waals surface area contributed by atoms with Crippen LogP contribution in [0.3, 0.4) is 0 Å². The van der Waals surface area contributed by atoms with Gasteiger partial charge in [-0.1, -0.05) is 24.3 Å². The second-order valence-corrected chi connectivity index (χ2v) is 10.0. The van der Waals surface area contributed by atoms with Crippen LogP contribution in [0.1, 0.15) is 38.2 Å². The highest BCUT2D eigenvalue weighted by molar-refractivity contribution is 6.03. The molecule has 0 fully saturated rings. The maximum absolute atomic E-state index is 12.9. The molecule has 1 heterocycles. The van der Waals surface area contributed by atoms with E-state index >= 15 is 0 Å². The molecule has 0 spiro atoms. The third-order valence-corrected chi connectivity index (χ3v) is 6.34. The Morgan fingerprint density at radius 1 is 0.808 bits per heavy atom. The zero-order valence-electron chi connectivity index (χ0n) is 26.0. The Hall–Kier alpha value is -6.63. The van der Waals surface area contributed by atoms with E-state index in [2.05, 4.69) is 25.6 Å². The Labute approximate surface area is 288 Å². The summed E-state index contributed by atoms with van der Waals surface area (Å²) in [4.78, 5) is 27.0. The molecule has 0 unspecified atom stereocenters. The maximum atomic E-state index is 12.9. The van der Waals surface area contributed by atoms with E-state index in [0.717, 1.165) is 36.7 Å². The van der Waals surface area contributed by atoms with Gasteiger partial charge in [-0.2, -0.15) is 42.0 Å². The van der Waals surface area contributed by atoms with Gasteiger partial charge >= 0.3 is 24.7 Å². The summed E-state index contributed by atoms with van der Waals surface area (Å²) >= 11 is 0. The molecule has 3 amide bonds. The summed E-state index contributed by atoms with van der Waals surface area (Å²) in [6, 6.07) is 18.4. The van der Waals surface area contributed by atoms with Gasteiger partial charge in [-0.3, -0.25) is 9.78 Å². The minimum absolute atomic E-state index is 0.112. The van der Waals surface area contributed by atoms with Gasteiger partial charge in [-0.15, -0.1) is 13.2 Å². The lowest BCUT2D eigenvalue weighted by atomic mass is 10.0. The molecular formula is C33H22F9N7O3. The van der Waals surface area contributed by atoms with Crippen LogP contribution in [-0.2, 0) is 18.8 Å². The minimum atomic E-state index is -4.86. The van der Waals surface area contributed by atoms with Crippen molar-refractivity contribution in [3.8, 4) is 17.9 Å². The Morgan fingerprint density at radius 2 is 1.44 bits per heavy atom. The number of hydrogen-bond acceptors (Lipinski definition) is 7. The van der Waals surface area contributed by atoms with Crippen molar-refractivity contribution >= 4 is 23.3 Å². The number of ether oxygens (including phenoxy) is 1. The van der Waals surface area contributed by atoms with E-state index < -0.39 is 53.1 Å². The van der Waals surface area contributed by atoms with Crippen molar-refractivity contribution < 1.29 is 53.8 Å². The van der Waals surface area contributed by atoms with Crippen molar-refractivity contribution in [3.05, 3.63) is 125 Å². The second-order valence-electron chi connectivity index (χ2n) is 10.0. The molecule has 0 aliphatic heterocycles. The number of hydrogen-bond donors (Lipinski definition) is 3. The van der Waals surface area contributed by atoms with Gasteiger partial charge in [0.05, 0.1) is 40.1 Å². The van der Waals surface area contributed by atoms with Crippen molar-refractivity contribution in [1.29, 1.82) is 10.5 Å². The first-order chi connectivity index (χ1) is 24.4. The topological polar surface area (TPSA) is 152 Å². The molecule has 3 aromatic carbocycles. The first-order valence-corrected chi connectivity index (χ1v) is 14.2. The zero-order valence-corrected chi connectivity index (χ0v) is 26.0. The van der Waals surface area contributed by atoms with Crippen LogP contribution in [0.15, 0.2) is 96.4 Å². The molecule has 0 aliphatic rings. The number of aromatic nitrogens is 1. The summed E-state index contributed by atoms with van der Waals surface area (Å²) in [6.07, 6.45) is -12.1. The fraction of sp³-hybridized carbons (Fsp3) is 0.152. The number of nitrogens with one attached hydrogen (secondary N) is 3. The van der Waals surface area contributed by atoms with E-state index in [1.54, 1.807) is 30.3 Å². The number of halogens is 9. The number of carbonyl (C=O) groups is 2. The lowest BCUT2D eigenvalue weighted by Crippen LogP contribution is -2.26. The fourth-order valence-corrected chi connectivity index (χ4v) is 4.00. The number of carbonyl (C=O) groups excluding carboxylic acids is 2. The van der Waals surface area contributed by atoms with E-state index in [-0.39, 0.29) is 24.4 Å². The van der Waals surface area contributed by atoms with Crippen molar-refractivity contribution in [2.24, 2.45) is 5.10 Å². The molecule has 4 aromatic rings. The van der Waals surface area contributed by atoms with Crippen LogP contribution in [0.5, 0.6) is 5.75 Å². The number of rotatable bonds is 8. The van der Waals surface area contributed by atoms with Crippen molar-refractivity contribution in [2.45, 2.75) is 25.1 Å². The fourth-order valence-electron chi connectivity index (χ4n) is 4.00. The van der Waals surface area contributed by atoms with Gasteiger partial charge in [0.15, 0.2) is 0 Å². The highest BCUT2D eigenvalue weighted by Gasteiger charge is 2.35. The second kappa shape index (κ2) is 17.3. The molecule has 4 rings (SSSR count). The van der Waals surface area contributed by atoms with Gasteiger partial charge in [0, 0.05) is 24.5 Å². The third kappa shape index (κ3) is 12.7. The number of anilines is 1. The van der Waals surface area contributed by atoms with Crippen LogP contribution in [-0.4, -0.2) is 35.5 Å². The van der Waals surface area contributed by atoms with Crippen molar-refractivity contribution in [2.75, 3.05) is 11.9 Å². The number of benzene rings is 3. The van der Waals surface area contributed by atoms with Gasteiger partial charge in [0.1, 0.15) is 12.3 Å². The molecule has 0 aliphatic carbocycles. The van der Waals surface area contributed by atoms with Crippen LogP contribution in [0.2, 0.25) is 0 Å². The maximum Gasteiger partial charge on any atom is 0.573 e. The van der Waals surface area contributed by atoms with E-state index in [1.165, 1.54) is 24.3 Å². The van der Waals surface area contributed by atoms with E-state index in [0.29, 0.717) is 22.8 Å². The SMILES string of the molecule is N#CCNC(=O)c1cnccc1C(F)(F)F.N#Cc1ccc(C/C(=N\NC(=O)Nc2ccc(OC(F)(F)F)cc2)c2ccc(C(F)(F)F)cc2)cc1. The summed E-state index contributed by atoms with van der Waals surface area (Å²) in [5.41, 5.74) is 1.46. The summed E-state index contributed by atoms with van der Waals surface area (Å²) in [5.74, 6) is -1.44. The number of alkyl halides is 9. The first-order valence-electron chi connectivity index (χ1n) is 14.2. The van der Waals surface area contributed by atoms with Crippen LogP contribution in [0.4, 0.5) is 50.0 Å². The number of amides is 3. The summed E-state index contributed by atoms with van der Waals surface area (Å²) in [5, 5.41) is 25.5. The summed E-state index contributed by atoms with van der Waals surface area (Å²) < 4.78 is 117. The van der Waals surface area contributed by atoms with Crippen LogP contribution in [0.25, 0.3) is 0 Å². The molecule has 0 atom stereocenters. The lowest BCUT2D eigenvalue weighted by molar-refractivity contribution is -0.274. The largest absolute Gasteiger partial charge is 0.573 e. The Kier molecular flexibility index (Phi) is 13.3. The highest BCUT2D eigenvalue weighted by atomic mass is 19.4. The number of hydrazone groups is 1. The van der Waals surface area contributed by atoms with Crippen molar-refractivity contribution in [1.82, 2.24) is 15.7 Å². The number of urea groups is 1. The first kappa shape index (κ1) is 39.8. The quantitative estimate of drug-likeness (QED) is 0.0734. The Balaban J connectivity index is 0.000000381. The smallest absolute Gasteiger partial charge is 0.406 e. The molecule has 19 heteroatoms. The van der Waals surface area contributed by atoms with Gasteiger partial charge in [-0.05, 0) is 65.7 Å². The number of nitriles is 2. The van der Waals surface area contributed by atoms with Crippen molar-refractivity contribution in [3.63, 3.8) is 0 Å². The monoisotopic (exact) mass is 735 g/mol. The third-order valence-electron chi connectivity index (χ3n) is 6.34. The lowest BCUT2D eigenvalue weighted by Gasteiger charge is -2.12. The molecule has 52 heavy (non-hydrogen) atoms. The Bertz CT molecular complexity index is 1950. The standard InChI is InChI=1S/C24H16F6N4O2.C9H6F3N3O/c25-23(26,27)18-7-5-17(6-8-18)21(13-15-1-3-16(14-31)4-2-15)33-34-22(35)32-19-9-11-20(12-10-19)36-24(28,29)30;10-9(11,12)7-1-3-14-5-6(7)8(16)15-4-2-13/h1-12H,13H2,(H2,32,34,35);1,3,5H,4H2,(H,15,16)/b33-21+;. The molecule has 270 valence electrons. The predicted octanol–water partition coefficient (Wildman–Crippen LogP) is 7.60. The summed E-state index contributed by atoms with van der Waals surface area (Å²) in [6.45, 7) is -0.356. The van der Waals surface area contributed by atoms with Gasteiger partial charge in [0.25, 0.3) is 5.91 Å². The van der Waals surface area contributed by atoms with E-state index in [9.17, 15) is 49.1 Å². The Morgan fingerprint density at radius 3 is 1.98 bits per heavy atom. The number of nitrogens with zero attached hydrogens (tertiary/aromatic N) is 4. The molecule has 0 saturated carbocycles. The average Bonchev–Trinajstić information content (AvgIpc) is 3.09. The molecule has 0 bridgehead atoms. The minimum Gasteiger partial charge on any atom is -0.406 e. The van der Waals surface area contributed by atoms with E-state index in [1.807, 2.05) is 11.4 Å². The van der Waals surface area contributed by atoms with Gasteiger partial charge in [0.2, 0.25) is 0 Å². The van der Waals surface area contributed by atoms with Crippen LogP contribution in [0, 0.1) is 22.7 Å². The normalized spacial score (nSPS) is 11.6. The van der Waals surface area contributed by atoms with Crippen LogP contribution >= 0.6 is 0 Å². The molecule has 10 nitrogen and oxygen atoms in total. The van der Waals surface area contributed by atoms with E-state index in [4.69, 9.17) is 10.5 Å². The molecule has 3 N–H and O–H groups in total. The highest BCUT2D eigenvalue weighted by Crippen LogP contribution is 2.31. The zero-order chi connectivity index (χ0) is 38.5. The molecular weight excluding hydrogens is 713 g/mol. The van der Waals surface area contributed by atoms with Gasteiger partial charge in [-0.25, -0.2) is 10.2 Å².